The lowest BCUT2D eigenvalue weighted by atomic mass is 10.3. The molecule has 1 heterocycles. The maximum Gasteiger partial charge on any atom is 0.452 e. The average molecular weight is 332 g/mol. The van der Waals surface area contributed by atoms with Gasteiger partial charge in [-0.1, -0.05) is 29.3 Å². The first kappa shape index (κ1) is 14.7. The molecule has 98 valence electrons. The van der Waals surface area contributed by atoms with Crippen LogP contribution in [0.5, 0.6) is 0 Å². The Morgan fingerprint density at radius 3 is 2.53 bits per heavy atom. The van der Waals surface area contributed by atoms with Gasteiger partial charge in [0.1, 0.15) is 0 Å². The summed E-state index contributed by atoms with van der Waals surface area (Å²) < 4.78 is 40.4. The minimum absolute atomic E-state index is 0.338. The van der Waals surface area contributed by atoms with Crippen molar-refractivity contribution in [3.8, 4) is 0 Å². The maximum atomic E-state index is 12.4. The molecule has 0 aromatic carbocycles. The Bertz CT molecular complexity index is 342. The Hall–Kier alpha value is -0.370. The molecule has 17 heavy (non-hydrogen) atoms. The summed E-state index contributed by atoms with van der Waals surface area (Å²) in [5.41, 5.74) is 0. The van der Waals surface area contributed by atoms with Crippen LogP contribution < -0.4 is 4.90 Å². The second kappa shape index (κ2) is 6.53. The molecule has 0 aliphatic rings. The molecule has 0 amide bonds. The van der Waals surface area contributed by atoms with Crippen LogP contribution in [-0.2, 0) is 6.18 Å². The van der Waals surface area contributed by atoms with Crippen molar-refractivity contribution in [3.05, 3.63) is 5.82 Å². The van der Waals surface area contributed by atoms with Gasteiger partial charge in [0.15, 0.2) is 0 Å². The first-order valence-electron chi connectivity index (χ1n) is 5.20. The third-order valence-electron chi connectivity index (χ3n) is 2.08. The van der Waals surface area contributed by atoms with Gasteiger partial charge in [-0.3, -0.25) is 0 Å². The van der Waals surface area contributed by atoms with Crippen LogP contribution in [0.1, 0.15) is 25.6 Å². The van der Waals surface area contributed by atoms with E-state index < -0.39 is 12.0 Å². The fourth-order valence-corrected chi connectivity index (χ4v) is 2.38. The second-order valence-corrected chi connectivity index (χ2v) is 4.95. The lowest BCUT2D eigenvalue weighted by molar-refractivity contribution is -0.144. The third-order valence-corrected chi connectivity index (χ3v) is 3.21. The first-order valence-corrected chi connectivity index (χ1v) is 7.10. The van der Waals surface area contributed by atoms with Crippen LogP contribution in [0, 0.1) is 0 Å². The van der Waals surface area contributed by atoms with Crippen molar-refractivity contribution < 1.29 is 13.2 Å². The Morgan fingerprint density at radius 1 is 1.35 bits per heavy atom. The van der Waals surface area contributed by atoms with Gasteiger partial charge in [-0.2, -0.15) is 22.5 Å². The maximum absolute atomic E-state index is 12.4. The Labute approximate surface area is 110 Å². The smallest absolute Gasteiger partial charge is 0.346 e. The standard InChI is InChI=1S/C9H13BrF3N3S/c1-2-3-5-16(6-4-10)8-14-7(15-17-8)9(11,12)13/h2-6H2,1H3. The van der Waals surface area contributed by atoms with E-state index in [1.165, 1.54) is 0 Å². The largest absolute Gasteiger partial charge is 0.452 e. The Kier molecular flexibility index (Phi) is 5.64. The van der Waals surface area contributed by atoms with E-state index in [1.807, 2.05) is 11.8 Å². The van der Waals surface area contributed by atoms with Gasteiger partial charge in [-0.25, -0.2) is 0 Å². The summed E-state index contributed by atoms with van der Waals surface area (Å²) in [5, 5.41) is 1.03. The van der Waals surface area contributed by atoms with Gasteiger partial charge >= 0.3 is 6.18 Å². The number of alkyl halides is 4. The number of anilines is 1. The summed E-state index contributed by atoms with van der Waals surface area (Å²) in [4.78, 5) is 5.37. The minimum atomic E-state index is -4.46. The van der Waals surface area contributed by atoms with Gasteiger partial charge in [-0.05, 0) is 6.42 Å². The Balaban J connectivity index is 2.76. The van der Waals surface area contributed by atoms with E-state index in [0.717, 1.165) is 24.4 Å². The molecule has 0 N–H and O–H groups in total. The molecule has 0 aliphatic carbocycles. The molecular weight excluding hydrogens is 319 g/mol. The predicted octanol–water partition coefficient (Wildman–Crippen LogP) is 3.56. The van der Waals surface area contributed by atoms with Crippen LogP contribution in [0.25, 0.3) is 0 Å². The molecule has 8 heteroatoms. The molecule has 0 radical (unpaired) electrons. The van der Waals surface area contributed by atoms with Gasteiger partial charge in [0.05, 0.1) is 0 Å². The summed E-state index contributed by atoms with van der Waals surface area (Å²) in [6.45, 7) is 3.37. The van der Waals surface area contributed by atoms with Crippen LogP contribution in [0.15, 0.2) is 0 Å². The fraction of sp³-hybridized carbons (Fsp3) is 0.778. The topological polar surface area (TPSA) is 29.0 Å². The molecule has 0 atom stereocenters. The molecule has 0 aliphatic heterocycles. The van der Waals surface area contributed by atoms with E-state index >= 15 is 0 Å². The van der Waals surface area contributed by atoms with Crippen molar-refractivity contribution in [2.45, 2.75) is 25.9 Å². The zero-order valence-corrected chi connectivity index (χ0v) is 11.7. The normalized spacial score (nSPS) is 11.8. The number of hydrogen-bond donors (Lipinski definition) is 0. The second-order valence-electron chi connectivity index (χ2n) is 3.43. The van der Waals surface area contributed by atoms with Crippen LogP contribution in [0.3, 0.4) is 0 Å². The number of unbranched alkanes of at least 4 members (excludes halogenated alkanes) is 1. The lowest BCUT2D eigenvalue weighted by Crippen LogP contribution is -2.26. The zero-order chi connectivity index (χ0) is 12.9. The zero-order valence-electron chi connectivity index (χ0n) is 9.30. The van der Waals surface area contributed by atoms with Gasteiger partial charge in [0.25, 0.3) is 0 Å². The molecule has 1 aromatic rings. The highest BCUT2D eigenvalue weighted by molar-refractivity contribution is 9.09. The monoisotopic (exact) mass is 331 g/mol. The molecule has 0 fully saturated rings. The molecule has 0 unspecified atom stereocenters. The number of aromatic nitrogens is 2. The highest BCUT2D eigenvalue weighted by Gasteiger charge is 2.36. The Morgan fingerprint density at radius 2 is 2.06 bits per heavy atom. The SMILES string of the molecule is CCCCN(CCBr)c1nc(C(F)(F)F)ns1. The van der Waals surface area contributed by atoms with E-state index in [9.17, 15) is 13.2 Å². The number of halogens is 4. The van der Waals surface area contributed by atoms with Crippen LogP contribution in [0.2, 0.25) is 0 Å². The number of rotatable bonds is 6. The average Bonchev–Trinajstić information content (AvgIpc) is 2.72. The van der Waals surface area contributed by atoms with E-state index in [2.05, 4.69) is 25.3 Å². The number of nitrogens with zero attached hydrogens (tertiary/aromatic N) is 3. The van der Waals surface area contributed by atoms with Crippen LogP contribution >= 0.6 is 27.5 Å². The highest BCUT2D eigenvalue weighted by atomic mass is 79.9. The minimum Gasteiger partial charge on any atom is -0.346 e. The van der Waals surface area contributed by atoms with Crippen molar-refractivity contribution in [1.29, 1.82) is 0 Å². The summed E-state index contributed by atoms with van der Waals surface area (Å²) in [6, 6.07) is 0. The van der Waals surface area contributed by atoms with Gasteiger partial charge in [0, 0.05) is 30.0 Å². The summed E-state index contributed by atoms with van der Waals surface area (Å²) in [7, 11) is 0. The van der Waals surface area contributed by atoms with Gasteiger partial charge in [0.2, 0.25) is 11.0 Å². The van der Waals surface area contributed by atoms with Crippen molar-refractivity contribution in [1.82, 2.24) is 9.36 Å². The molecule has 0 saturated heterocycles. The predicted molar refractivity (Wildman–Crippen MR) is 65.8 cm³/mol. The van der Waals surface area contributed by atoms with E-state index in [4.69, 9.17) is 0 Å². The van der Waals surface area contributed by atoms with Crippen LogP contribution in [-0.4, -0.2) is 27.8 Å². The molecule has 1 rings (SSSR count). The molecule has 0 saturated carbocycles. The van der Waals surface area contributed by atoms with Crippen molar-refractivity contribution in [2.75, 3.05) is 23.3 Å². The summed E-state index contributed by atoms with van der Waals surface area (Å²) >= 11 is 4.08. The summed E-state index contributed by atoms with van der Waals surface area (Å²) in [5.74, 6) is -1.05. The van der Waals surface area contributed by atoms with E-state index in [-0.39, 0.29) is 0 Å². The fourth-order valence-electron chi connectivity index (χ4n) is 1.21. The van der Waals surface area contributed by atoms with E-state index in [1.54, 1.807) is 0 Å². The molecule has 3 nitrogen and oxygen atoms in total. The molecule has 1 aromatic heterocycles. The van der Waals surface area contributed by atoms with Crippen LogP contribution in [0.4, 0.5) is 18.3 Å². The van der Waals surface area contributed by atoms with Crippen molar-refractivity contribution in [3.63, 3.8) is 0 Å². The number of hydrogen-bond acceptors (Lipinski definition) is 4. The van der Waals surface area contributed by atoms with E-state index in [0.29, 0.717) is 23.6 Å². The van der Waals surface area contributed by atoms with Crippen molar-refractivity contribution >= 4 is 32.6 Å². The molecule has 0 spiro atoms. The third kappa shape index (κ3) is 4.42. The highest BCUT2D eigenvalue weighted by Crippen LogP contribution is 2.30. The molecule has 0 bridgehead atoms. The van der Waals surface area contributed by atoms with Gasteiger partial charge < -0.3 is 4.90 Å². The quantitative estimate of drug-likeness (QED) is 0.746. The molecular formula is C9H13BrF3N3S. The first-order chi connectivity index (χ1) is 7.99. The summed E-state index contributed by atoms with van der Waals surface area (Å²) in [6.07, 6.45) is -2.54. The lowest BCUT2D eigenvalue weighted by Gasteiger charge is -2.19. The van der Waals surface area contributed by atoms with Gasteiger partial charge in [-0.15, -0.1) is 0 Å². The van der Waals surface area contributed by atoms with Crippen molar-refractivity contribution in [2.24, 2.45) is 0 Å².